The van der Waals surface area contributed by atoms with Crippen molar-refractivity contribution < 1.29 is 23.8 Å². The van der Waals surface area contributed by atoms with Crippen LogP contribution < -0.4 is 14.8 Å². The number of Topliss-reactive ketones (excluding diaryl/α,β-unsaturated/α-hetero) is 1. The highest BCUT2D eigenvalue weighted by molar-refractivity contribution is 9.10. The van der Waals surface area contributed by atoms with Crippen molar-refractivity contribution in [3.05, 3.63) is 44.7 Å². The molecular formula is C21H22BrNO5. The molecule has 148 valence electrons. The molecule has 0 unspecified atom stereocenters. The van der Waals surface area contributed by atoms with Crippen LogP contribution in [0.1, 0.15) is 45.1 Å². The molecule has 0 radical (unpaired) electrons. The molecule has 0 amide bonds. The summed E-state index contributed by atoms with van der Waals surface area (Å²) in [5.74, 6) is 0.293. The highest BCUT2D eigenvalue weighted by atomic mass is 79.9. The predicted octanol–water partition coefficient (Wildman–Crippen LogP) is 3.95. The number of halogens is 1. The van der Waals surface area contributed by atoms with E-state index in [1.807, 2.05) is 19.1 Å². The first-order chi connectivity index (χ1) is 13.2. The van der Waals surface area contributed by atoms with Crippen LogP contribution in [-0.4, -0.2) is 25.7 Å². The van der Waals surface area contributed by atoms with Gasteiger partial charge in [0.1, 0.15) is 0 Å². The van der Waals surface area contributed by atoms with Crippen molar-refractivity contribution in [1.82, 2.24) is 5.32 Å². The van der Waals surface area contributed by atoms with E-state index in [0.29, 0.717) is 34.8 Å². The second kappa shape index (κ2) is 6.65. The van der Waals surface area contributed by atoms with E-state index in [1.54, 1.807) is 0 Å². The van der Waals surface area contributed by atoms with Crippen LogP contribution in [0.15, 0.2) is 39.1 Å². The topological polar surface area (TPSA) is 73.9 Å². The lowest BCUT2D eigenvalue weighted by Gasteiger charge is -2.39. The van der Waals surface area contributed by atoms with E-state index in [1.165, 1.54) is 7.11 Å². The van der Waals surface area contributed by atoms with Crippen molar-refractivity contribution in [2.24, 2.45) is 5.41 Å². The Hall–Kier alpha value is -2.28. The van der Waals surface area contributed by atoms with Crippen LogP contribution in [0.4, 0.5) is 0 Å². The number of carbonyl (C=O) groups excluding carboxylic acids is 2. The first-order valence-corrected chi connectivity index (χ1v) is 9.92. The minimum Gasteiger partial charge on any atom is -0.466 e. The lowest BCUT2D eigenvalue weighted by molar-refractivity contribution is -0.136. The Bertz CT molecular complexity index is 960. The van der Waals surface area contributed by atoms with E-state index < -0.39 is 11.9 Å². The predicted molar refractivity (Wildman–Crippen MR) is 106 cm³/mol. The molecule has 2 aliphatic heterocycles. The van der Waals surface area contributed by atoms with E-state index in [9.17, 15) is 9.59 Å². The zero-order valence-electron chi connectivity index (χ0n) is 16.3. The number of hydrogen-bond acceptors (Lipinski definition) is 6. The third kappa shape index (κ3) is 3.02. The van der Waals surface area contributed by atoms with Crippen LogP contribution in [0.3, 0.4) is 0 Å². The number of benzene rings is 1. The molecule has 0 fully saturated rings. The maximum absolute atomic E-state index is 13.2. The molecule has 0 aromatic heterocycles. The number of methoxy groups -OCH3 is 1. The van der Waals surface area contributed by atoms with Gasteiger partial charge in [-0.05, 0) is 36.5 Å². The van der Waals surface area contributed by atoms with E-state index in [4.69, 9.17) is 14.2 Å². The summed E-state index contributed by atoms with van der Waals surface area (Å²) in [5, 5.41) is 3.31. The Morgan fingerprint density at radius 3 is 2.61 bits per heavy atom. The van der Waals surface area contributed by atoms with Crippen molar-refractivity contribution in [1.29, 1.82) is 0 Å². The molecule has 0 spiro atoms. The number of dihydropyridines is 1. The minimum atomic E-state index is -0.531. The van der Waals surface area contributed by atoms with Gasteiger partial charge in [-0.1, -0.05) is 29.8 Å². The Morgan fingerprint density at radius 2 is 1.93 bits per heavy atom. The van der Waals surface area contributed by atoms with Gasteiger partial charge < -0.3 is 19.5 Å². The first kappa shape index (κ1) is 19.1. The third-order valence-electron chi connectivity index (χ3n) is 5.45. The number of fused-ring (bicyclic) bond motifs is 1. The van der Waals surface area contributed by atoms with Crippen molar-refractivity contribution in [2.45, 2.75) is 39.5 Å². The Morgan fingerprint density at radius 1 is 1.25 bits per heavy atom. The van der Waals surface area contributed by atoms with Crippen LogP contribution >= 0.6 is 15.9 Å². The summed E-state index contributed by atoms with van der Waals surface area (Å²) in [6.07, 6.45) is 1.16. The Labute approximate surface area is 172 Å². The number of esters is 1. The van der Waals surface area contributed by atoms with Gasteiger partial charge in [-0.3, -0.25) is 4.79 Å². The summed E-state index contributed by atoms with van der Waals surface area (Å²) in [6, 6.07) is 3.66. The molecule has 3 aliphatic rings. The van der Waals surface area contributed by atoms with Gasteiger partial charge in [0, 0.05) is 33.8 Å². The van der Waals surface area contributed by atoms with Crippen LogP contribution in [0.2, 0.25) is 0 Å². The number of nitrogens with one attached hydrogen (secondary N) is 1. The van der Waals surface area contributed by atoms with Gasteiger partial charge in [0.15, 0.2) is 17.3 Å². The van der Waals surface area contributed by atoms with Crippen molar-refractivity contribution >= 4 is 27.7 Å². The molecule has 1 aliphatic carbocycles. The maximum atomic E-state index is 13.2. The molecule has 28 heavy (non-hydrogen) atoms. The van der Waals surface area contributed by atoms with Crippen molar-refractivity contribution in [2.75, 3.05) is 13.9 Å². The molecule has 7 heteroatoms. The van der Waals surface area contributed by atoms with E-state index in [2.05, 4.69) is 35.1 Å². The largest absolute Gasteiger partial charge is 0.466 e. The summed E-state index contributed by atoms with van der Waals surface area (Å²) < 4.78 is 16.8. The lowest BCUT2D eigenvalue weighted by Crippen LogP contribution is -2.38. The molecule has 1 aromatic carbocycles. The summed E-state index contributed by atoms with van der Waals surface area (Å²) in [6.45, 7) is 6.15. The molecule has 1 atom stereocenters. The van der Waals surface area contributed by atoms with Gasteiger partial charge in [0.2, 0.25) is 6.79 Å². The first-order valence-electron chi connectivity index (χ1n) is 9.13. The summed E-state index contributed by atoms with van der Waals surface area (Å²) in [4.78, 5) is 25.9. The smallest absolute Gasteiger partial charge is 0.336 e. The van der Waals surface area contributed by atoms with Crippen LogP contribution in [0, 0.1) is 5.41 Å². The van der Waals surface area contributed by atoms with Crippen molar-refractivity contribution in [3.63, 3.8) is 0 Å². The average Bonchev–Trinajstić information content (AvgIpc) is 3.05. The van der Waals surface area contributed by atoms with Gasteiger partial charge in [0.05, 0.1) is 12.7 Å². The monoisotopic (exact) mass is 447 g/mol. The quantitative estimate of drug-likeness (QED) is 0.691. The molecule has 0 saturated carbocycles. The lowest BCUT2D eigenvalue weighted by atomic mass is 9.68. The number of carbonyl (C=O) groups is 2. The highest BCUT2D eigenvalue weighted by Crippen LogP contribution is 2.50. The van der Waals surface area contributed by atoms with Gasteiger partial charge >= 0.3 is 5.97 Å². The Balaban J connectivity index is 1.94. The number of allylic oxidation sites excluding steroid dienone is 3. The molecule has 2 heterocycles. The molecule has 0 saturated heterocycles. The number of rotatable bonds is 2. The molecule has 1 aromatic rings. The number of hydrogen-bond donors (Lipinski definition) is 1. The zero-order valence-corrected chi connectivity index (χ0v) is 17.9. The van der Waals surface area contributed by atoms with E-state index in [-0.39, 0.29) is 18.0 Å². The average molecular weight is 448 g/mol. The minimum absolute atomic E-state index is 0.0437. The molecule has 4 rings (SSSR count). The van der Waals surface area contributed by atoms with E-state index in [0.717, 1.165) is 22.2 Å². The van der Waals surface area contributed by atoms with Crippen molar-refractivity contribution in [3.8, 4) is 11.5 Å². The summed E-state index contributed by atoms with van der Waals surface area (Å²) >= 11 is 3.60. The third-order valence-corrected chi connectivity index (χ3v) is 6.13. The number of ketones is 1. The van der Waals surface area contributed by atoms with Gasteiger partial charge in [-0.2, -0.15) is 0 Å². The fourth-order valence-electron chi connectivity index (χ4n) is 4.28. The van der Waals surface area contributed by atoms with Crippen LogP contribution in [0.25, 0.3) is 0 Å². The summed E-state index contributed by atoms with van der Waals surface area (Å²) in [7, 11) is 1.35. The second-order valence-corrected chi connectivity index (χ2v) is 9.00. The maximum Gasteiger partial charge on any atom is 0.336 e. The number of ether oxygens (including phenoxy) is 3. The molecule has 0 bridgehead atoms. The van der Waals surface area contributed by atoms with Gasteiger partial charge in [-0.15, -0.1) is 0 Å². The van der Waals surface area contributed by atoms with E-state index >= 15 is 0 Å². The fraction of sp³-hybridized carbons (Fsp3) is 0.429. The highest BCUT2D eigenvalue weighted by Gasteiger charge is 2.44. The zero-order chi connectivity index (χ0) is 20.2. The van der Waals surface area contributed by atoms with Crippen LogP contribution in [0.5, 0.6) is 11.5 Å². The standard InChI is InChI=1S/C21H22BrNO5/c1-10-17(20(25)26-4)18(11-5-15-16(6-12(11)22)28-9-27-15)19-13(23-10)7-21(2,3)8-14(19)24/h5-6,18,23H,7-9H2,1-4H3/t18-/m0/s1. The SMILES string of the molecule is COC(=O)C1=C(C)NC2=C(C(=O)CC(C)(C)C2)[C@H]1c1cc2c(cc1Br)OCO2. The second-order valence-electron chi connectivity index (χ2n) is 8.15. The summed E-state index contributed by atoms with van der Waals surface area (Å²) in [5.41, 5.74) is 3.29. The molecule has 1 N–H and O–H groups in total. The Kier molecular flexibility index (Phi) is 4.53. The van der Waals surface area contributed by atoms with Gasteiger partial charge in [-0.25, -0.2) is 4.79 Å². The normalized spacial score (nSPS) is 22.8. The van der Waals surface area contributed by atoms with Crippen LogP contribution in [-0.2, 0) is 14.3 Å². The molecular weight excluding hydrogens is 426 g/mol. The van der Waals surface area contributed by atoms with Gasteiger partial charge in [0.25, 0.3) is 0 Å². The fourth-order valence-corrected chi connectivity index (χ4v) is 4.83. The molecule has 6 nitrogen and oxygen atoms in total.